The first-order valence-electron chi connectivity index (χ1n) is 8.42. The highest BCUT2D eigenvalue weighted by molar-refractivity contribution is 7.12. The fraction of sp³-hybridized carbons (Fsp3) is 0.667. The van der Waals surface area contributed by atoms with Gasteiger partial charge in [0.15, 0.2) is 5.78 Å². The van der Waals surface area contributed by atoms with Crippen LogP contribution < -0.4 is 0 Å². The van der Waals surface area contributed by atoms with E-state index in [4.69, 9.17) is 0 Å². The van der Waals surface area contributed by atoms with Crippen LogP contribution >= 0.6 is 11.3 Å². The van der Waals surface area contributed by atoms with Gasteiger partial charge in [0, 0.05) is 45.6 Å². The van der Waals surface area contributed by atoms with Crippen LogP contribution in [0.2, 0.25) is 0 Å². The molecule has 5 heteroatoms. The molecule has 1 aromatic heterocycles. The molecular formula is C18H28N2O2S. The SMILES string of the molecule is CC(C)(C)CN1CCN(C(=O)CCCC(=O)c2cccs2)CC1. The maximum Gasteiger partial charge on any atom is 0.222 e. The van der Waals surface area contributed by atoms with Gasteiger partial charge in [0.1, 0.15) is 0 Å². The summed E-state index contributed by atoms with van der Waals surface area (Å²) in [7, 11) is 0. The molecule has 0 atom stereocenters. The highest BCUT2D eigenvalue weighted by Crippen LogP contribution is 2.17. The lowest BCUT2D eigenvalue weighted by atomic mass is 9.96. The minimum Gasteiger partial charge on any atom is -0.340 e. The van der Waals surface area contributed by atoms with Gasteiger partial charge in [-0.15, -0.1) is 11.3 Å². The second kappa shape index (κ2) is 8.06. The van der Waals surface area contributed by atoms with E-state index in [9.17, 15) is 9.59 Å². The Morgan fingerprint density at radius 2 is 1.83 bits per heavy atom. The summed E-state index contributed by atoms with van der Waals surface area (Å²) < 4.78 is 0. The molecule has 0 aromatic carbocycles. The van der Waals surface area contributed by atoms with Gasteiger partial charge in [0.2, 0.25) is 5.91 Å². The Morgan fingerprint density at radius 1 is 1.13 bits per heavy atom. The Labute approximate surface area is 143 Å². The van der Waals surface area contributed by atoms with Crippen molar-refractivity contribution in [3.63, 3.8) is 0 Å². The van der Waals surface area contributed by atoms with E-state index in [1.807, 2.05) is 22.4 Å². The predicted molar refractivity (Wildman–Crippen MR) is 95.0 cm³/mol. The van der Waals surface area contributed by atoms with E-state index in [0.29, 0.717) is 24.7 Å². The second-order valence-corrected chi connectivity index (χ2v) is 8.42. The Bertz CT molecular complexity index is 512. The zero-order valence-corrected chi connectivity index (χ0v) is 15.3. The molecule has 0 saturated carbocycles. The minimum absolute atomic E-state index is 0.155. The van der Waals surface area contributed by atoms with Gasteiger partial charge in [-0.1, -0.05) is 26.8 Å². The zero-order chi connectivity index (χ0) is 16.9. The van der Waals surface area contributed by atoms with Crippen LogP contribution in [0, 0.1) is 5.41 Å². The topological polar surface area (TPSA) is 40.6 Å². The monoisotopic (exact) mass is 336 g/mol. The van der Waals surface area contributed by atoms with Gasteiger partial charge in [0.05, 0.1) is 4.88 Å². The van der Waals surface area contributed by atoms with Gasteiger partial charge in [-0.05, 0) is 23.3 Å². The number of carbonyl (C=O) groups is 2. The average molecular weight is 337 g/mol. The van der Waals surface area contributed by atoms with Crippen LogP contribution in [0.5, 0.6) is 0 Å². The molecule has 0 unspecified atom stereocenters. The number of ketones is 1. The van der Waals surface area contributed by atoms with E-state index < -0.39 is 0 Å². The summed E-state index contributed by atoms with van der Waals surface area (Å²) in [6.45, 7) is 11.3. The molecule has 1 fully saturated rings. The van der Waals surface area contributed by atoms with Gasteiger partial charge in [-0.25, -0.2) is 0 Å². The van der Waals surface area contributed by atoms with Crippen molar-refractivity contribution in [2.75, 3.05) is 32.7 Å². The number of carbonyl (C=O) groups excluding carboxylic acids is 2. The van der Waals surface area contributed by atoms with Crippen molar-refractivity contribution in [3.05, 3.63) is 22.4 Å². The van der Waals surface area contributed by atoms with E-state index in [1.54, 1.807) is 0 Å². The number of hydrogen-bond donors (Lipinski definition) is 0. The molecule has 1 aliphatic rings. The number of rotatable bonds is 6. The Balaban J connectivity index is 1.66. The molecule has 1 amide bonds. The first-order chi connectivity index (χ1) is 10.8. The molecule has 1 saturated heterocycles. The van der Waals surface area contributed by atoms with Crippen LogP contribution in [-0.4, -0.2) is 54.2 Å². The van der Waals surface area contributed by atoms with Crippen molar-refractivity contribution >= 4 is 23.0 Å². The molecule has 0 bridgehead atoms. The molecule has 1 aliphatic heterocycles. The normalized spacial score (nSPS) is 16.6. The minimum atomic E-state index is 0.155. The van der Waals surface area contributed by atoms with Crippen molar-refractivity contribution < 1.29 is 9.59 Å². The molecule has 0 spiro atoms. The summed E-state index contributed by atoms with van der Waals surface area (Å²) in [5, 5.41) is 1.91. The summed E-state index contributed by atoms with van der Waals surface area (Å²) in [6.07, 6.45) is 1.60. The zero-order valence-electron chi connectivity index (χ0n) is 14.5. The third-order valence-electron chi connectivity index (χ3n) is 4.01. The fourth-order valence-corrected chi connectivity index (χ4v) is 3.64. The van der Waals surface area contributed by atoms with Crippen LogP contribution in [-0.2, 0) is 4.79 Å². The van der Waals surface area contributed by atoms with Crippen LogP contribution in [0.3, 0.4) is 0 Å². The largest absolute Gasteiger partial charge is 0.340 e. The average Bonchev–Trinajstić information content (AvgIpc) is 3.00. The van der Waals surface area contributed by atoms with Gasteiger partial charge in [-0.3, -0.25) is 14.5 Å². The highest BCUT2D eigenvalue weighted by Gasteiger charge is 2.23. The summed E-state index contributed by atoms with van der Waals surface area (Å²) in [5.74, 6) is 0.349. The van der Waals surface area contributed by atoms with Crippen molar-refractivity contribution in [1.82, 2.24) is 9.80 Å². The highest BCUT2D eigenvalue weighted by atomic mass is 32.1. The van der Waals surface area contributed by atoms with E-state index >= 15 is 0 Å². The molecule has 0 N–H and O–H groups in total. The summed E-state index contributed by atoms with van der Waals surface area (Å²) in [4.78, 5) is 29.4. The molecule has 23 heavy (non-hydrogen) atoms. The molecular weight excluding hydrogens is 308 g/mol. The Hall–Kier alpha value is -1.20. The molecule has 128 valence electrons. The number of hydrogen-bond acceptors (Lipinski definition) is 4. The third kappa shape index (κ3) is 6.07. The molecule has 2 rings (SSSR count). The number of Topliss-reactive ketones (excluding diaryl/α,β-unsaturated/α-hetero) is 1. The van der Waals surface area contributed by atoms with E-state index in [1.165, 1.54) is 11.3 Å². The predicted octanol–water partition coefficient (Wildman–Crippen LogP) is 3.29. The van der Waals surface area contributed by atoms with Gasteiger partial charge in [0.25, 0.3) is 0 Å². The Morgan fingerprint density at radius 3 is 2.39 bits per heavy atom. The lowest BCUT2D eigenvalue weighted by molar-refractivity contribution is -0.133. The Kier molecular flexibility index (Phi) is 6.36. The van der Waals surface area contributed by atoms with Crippen LogP contribution in [0.15, 0.2) is 17.5 Å². The van der Waals surface area contributed by atoms with Crippen LogP contribution in [0.1, 0.15) is 49.7 Å². The fourth-order valence-electron chi connectivity index (χ4n) is 2.94. The van der Waals surface area contributed by atoms with Crippen LogP contribution in [0.25, 0.3) is 0 Å². The van der Waals surface area contributed by atoms with Gasteiger partial charge >= 0.3 is 0 Å². The smallest absolute Gasteiger partial charge is 0.222 e. The summed E-state index contributed by atoms with van der Waals surface area (Å²) in [5.41, 5.74) is 0.300. The third-order valence-corrected chi connectivity index (χ3v) is 4.92. The standard InChI is InChI=1S/C18H28N2O2S/c1-18(2,3)14-19-9-11-20(12-10-19)17(22)8-4-6-15(21)16-7-5-13-23-16/h5,7,13H,4,6,8-12,14H2,1-3H3. The number of thiophene rings is 1. The number of amides is 1. The molecule has 0 aliphatic carbocycles. The quantitative estimate of drug-likeness (QED) is 0.749. The van der Waals surface area contributed by atoms with E-state index in [2.05, 4.69) is 25.7 Å². The molecule has 4 nitrogen and oxygen atoms in total. The first kappa shape index (κ1) is 18.1. The molecule has 2 heterocycles. The number of nitrogens with zero attached hydrogens (tertiary/aromatic N) is 2. The maximum absolute atomic E-state index is 12.3. The number of piperazine rings is 1. The lowest BCUT2D eigenvalue weighted by Gasteiger charge is -2.37. The van der Waals surface area contributed by atoms with Crippen molar-refractivity contribution in [2.45, 2.75) is 40.0 Å². The molecule has 0 radical (unpaired) electrons. The lowest BCUT2D eigenvalue weighted by Crippen LogP contribution is -2.50. The summed E-state index contributed by atoms with van der Waals surface area (Å²) >= 11 is 1.47. The van der Waals surface area contributed by atoms with Gasteiger partial charge in [-0.2, -0.15) is 0 Å². The van der Waals surface area contributed by atoms with Gasteiger partial charge < -0.3 is 4.90 Å². The molecule has 1 aromatic rings. The van der Waals surface area contributed by atoms with Crippen molar-refractivity contribution in [2.24, 2.45) is 5.41 Å². The first-order valence-corrected chi connectivity index (χ1v) is 9.30. The van der Waals surface area contributed by atoms with Crippen molar-refractivity contribution in [3.8, 4) is 0 Å². The second-order valence-electron chi connectivity index (χ2n) is 7.47. The maximum atomic E-state index is 12.3. The van der Waals surface area contributed by atoms with Crippen LogP contribution in [0.4, 0.5) is 0 Å². The summed E-state index contributed by atoms with van der Waals surface area (Å²) in [6, 6.07) is 3.74. The van der Waals surface area contributed by atoms with Crippen molar-refractivity contribution in [1.29, 1.82) is 0 Å². The van der Waals surface area contributed by atoms with E-state index in [-0.39, 0.29) is 11.7 Å². The van der Waals surface area contributed by atoms with E-state index in [0.717, 1.165) is 37.6 Å².